The lowest BCUT2D eigenvalue weighted by Crippen LogP contribution is -2.49. The maximum absolute atomic E-state index is 11.8. The number of carbonyl (C=O) groups excluding carboxylic acids is 1. The van der Waals surface area contributed by atoms with Crippen molar-refractivity contribution >= 4 is 22.6 Å². The summed E-state index contributed by atoms with van der Waals surface area (Å²) in [6.45, 7) is 7.76. The number of piperidine rings is 2. The Labute approximate surface area is 166 Å². The van der Waals surface area contributed by atoms with E-state index in [4.69, 9.17) is 14.7 Å². The summed E-state index contributed by atoms with van der Waals surface area (Å²) in [5, 5.41) is 1.07. The minimum Gasteiger partial charge on any atom is -0.497 e. The fraction of sp³-hybridized carbons (Fsp3) is 0.591. The van der Waals surface area contributed by atoms with Crippen molar-refractivity contribution in [2.45, 2.75) is 45.6 Å². The van der Waals surface area contributed by atoms with Crippen molar-refractivity contribution in [1.82, 2.24) is 14.9 Å². The summed E-state index contributed by atoms with van der Waals surface area (Å²) < 4.78 is 5.35. The van der Waals surface area contributed by atoms with E-state index in [9.17, 15) is 4.79 Å². The zero-order chi connectivity index (χ0) is 19.7. The van der Waals surface area contributed by atoms with Crippen LogP contribution in [0.25, 0.3) is 10.9 Å². The van der Waals surface area contributed by atoms with E-state index in [0.717, 1.165) is 80.2 Å². The average molecular weight is 383 g/mol. The highest BCUT2D eigenvalue weighted by molar-refractivity contribution is 5.83. The van der Waals surface area contributed by atoms with Gasteiger partial charge in [0, 0.05) is 43.0 Å². The lowest BCUT2D eigenvalue weighted by molar-refractivity contribution is -0.122. The molecule has 3 heterocycles. The number of Topliss-reactive ketones (excluding diaryl/α,β-unsaturated/α-hetero) is 1. The summed E-state index contributed by atoms with van der Waals surface area (Å²) in [4.78, 5) is 26.2. The Morgan fingerprint density at radius 2 is 1.93 bits per heavy atom. The number of carbonyl (C=O) groups is 1. The molecule has 2 aliphatic rings. The van der Waals surface area contributed by atoms with Gasteiger partial charge in [0.15, 0.2) is 0 Å². The second kappa shape index (κ2) is 8.03. The van der Waals surface area contributed by atoms with Gasteiger partial charge in [-0.15, -0.1) is 0 Å². The number of ketones is 1. The molecule has 6 nitrogen and oxygen atoms in total. The number of fused-ring (bicyclic) bond motifs is 1. The Balaban J connectivity index is 1.45. The van der Waals surface area contributed by atoms with Crippen molar-refractivity contribution < 1.29 is 9.53 Å². The van der Waals surface area contributed by atoms with E-state index in [0.29, 0.717) is 11.8 Å². The topological polar surface area (TPSA) is 58.6 Å². The Hall–Kier alpha value is -2.21. The first-order valence-corrected chi connectivity index (χ1v) is 10.4. The summed E-state index contributed by atoms with van der Waals surface area (Å²) >= 11 is 0. The van der Waals surface area contributed by atoms with Crippen LogP contribution in [0.1, 0.15) is 38.3 Å². The number of anilines is 1. The summed E-state index contributed by atoms with van der Waals surface area (Å²) in [5.74, 6) is 2.21. The third-order valence-corrected chi connectivity index (χ3v) is 6.37. The fourth-order valence-corrected chi connectivity index (χ4v) is 4.62. The second-order valence-corrected chi connectivity index (χ2v) is 8.16. The van der Waals surface area contributed by atoms with E-state index in [2.05, 4.69) is 9.80 Å². The lowest BCUT2D eigenvalue weighted by Gasteiger charge is -2.42. The van der Waals surface area contributed by atoms with Gasteiger partial charge >= 0.3 is 0 Å². The minimum atomic E-state index is 0.230. The molecule has 0 radical (unpaired) electrons. The largest absolute Gasteiger partial charge is 0.497 e. The number of hydrogen-bond donors (Lipinski definition) is 0. The number of benzene rings is 1. The van der Waals surface area contributed by atoms with Crippen LogP contribution in [0.2, 0.25) is 0 Å². The molecule has 28 heavy (non-hydrogen) atoms. The standard InChI is InChI=1S/C22H30N4O2/c1-15-20-7-6-19(28-3)13-21(20)24-22(23-15)25-11-8-18(9-12-25)26-10-4-5-17(14-26)16(2)27/h6-7,13,17-18H,4-5,8-12,14H2,1-3H3/t17-/m1/s1. The van der Waals surface area contributed by atoms with Crippen molar-refractivity contribution in [3.8, 4) is 5.75 Å². The van der Waals surface area contributed by atoms with Crippen LogP contribution in [0.4, 0.5) is 5.95 Å². The highest BCUT2D eigenvalue weighted by atomic mass is 16.5. The van der Waals surface area contributed by atoms with Crippen molar-refractivity contribution in [1.29, 1.82) is 0 Å². The van der Waals surface area contributed by atoms with Gasteiger partial charge in [0.1, 0.15) is 11.5 Å². The van der Waals surface area contributed by atoms with Gasteiger partial charge in [0.05, 0.1) is 18.3 Å². The van der Waals surface area contributed by atoms with Crippen LogP contribution in [0, 0.1) is 12.8 Å². The van der Waals surface area contributed by atoms with Gasteiger partial charge in [-0.1, -0.05) is 0 Å². The third kappa shape index (κ3) is 3.83. The third-order valence-electron chi connectivity index (χ3n) is 6.37. The van der Waals surface area contributed by atoms with Crippen molar-refractivity contribution in [2.75, 3.05) is 38.2 Å². The molecule has 2 fully saturated rings. The number of likely N-dealkylation sites (tertiary alicyclic amines) is 1. The van der Waals surface area contributed by atoms with E-state index in [-0.39, 0.29) is 5.92 Å². The summed E-state index contributed by atoms with van der Waals surface area (Å²) in [6.07, 6.45) is 4.39. The maximum atomic E-state index is 11.8. The van der Waals surface area contributed by atoms with Crippen LogP contribution in [0.5, 0.6) is 5.75 Å². The fourth-order valence-electron chi connectivity index (χ4n) is 4.62. The molecule has 6 heteroatoms. The van der Waals surface area contributed by atoms with E-state index in [1.54, 1.807) is 14.0 Å². The molecule has 1 aromatic heterocycles. The van der Waals surface area contributed by atoms with Gasteiger partial charge in [-0.2, -0.15) is 0 Å². The van der Waals surface area contributed by atoms with Crippen molar-refractivity contribution in [2.24, 2.45) is 5.92 Å². The number of rotatable bonds is 4. The van der Waals surface area contributed by atoms with Gasteiger partial charge in [-0.25, -0.2) is 9.97 Å². The molecule has 0 aliphatic carbocycles. The van der Waals surface area contributed by atoms with E-state index >= 15 is 0 Å². The molecule has 150 valence electrons. The van der Waals surface area contributed by atoms with Crippen LogP contribution in [-0.2, 0) is 4.79 Å². The lowest BCUT2D eigenvalue weighted by atomic mass is 9.91. The van der Waals surface area contributed by atoms with E-state index in [1.807, 2.05) is 25.1 Å². The molecule has 0 unspecified atom stereocenters. The summed E-state index contributed by atoms with van der Waals surface area (Å²) in [5.41, 5.74) is 1.94. The van der Waals surface area contributed by atoms with Gasteiger partial charge in [0.2, 0.25) is 5.95 Å². The van der Waals surface area contributed by atoms with E-state index in [1.165, 1.54) is 0 Å². The summed E-state index contributed by atoms with van der Waals surface area (Å²) in [6, 6.07) is 6.54. The average Bonchev–Trinajstić information content (AvgIpc) is 2.73. The first kappa shape index (κ1) is 19.1. The number of aromatic nitrogens is 2. The van der Waals surface area contributed by atoms with Crippen molar-refractivity contribution in [3.05, 3.63) is 23.9 Å². The Kier molecular flexibility index (Phi) is 5.49. The second-order valence-electron chi connectivity index (χ2n) is 8.16. The van der Waals surface area contributed by atoms with Crippen molar-refractivity contribution in [3.63, 3.8) is 0 Å². The number of nitrogens with zero attached hydrogens (tertiary/aromatic N) is 4. The molecule has 0 N–H and O–H groups in total. The predicted octanol–water partition coefficient (Wildman–Crippen LogP) is 3.22. The molecule has 0 spiro atoms. The van der Waals surface area contributed by atoms with E-state index < -0.39 is 0 Å². The zero-order valence-corrected chi connectivity index (χ0v) is 17.1. The monoisotopic (exact) mass is 382 g/mol. The maximum Gasteiger partial charge on any atom is 0.226 e. The van der Waals surface area contributed by atoms with Gasteiger partial charge in [-0.05, 0) is 58.2 Å². The molecule has 1 aromatic carbocycles. The molecule has 4 rings (SSSR count). The molecule has 1 atom stereocenters. The van der Waals surface area contributed by atoms with Crippen LogP contribution in [0.15, 0.2) is 18.2 Å². The summed E-state index contributed by atoms with van der Waals surface area (Å²) in [7, 11) is 1.68. The minimum absolute atomic E-state index is 0.230. The Morgan fingerprint density at radius 3 is 2.64 bits per heavy atom. The highest BCUT2D eigenvalue weighted by Crippen LogP contribution is 2.28. The van der Waals surface area contributed by atoms with Gasteiger partial charge < -0.3 is 9.64 Å². The van der Waals surface area contributed by atoms with Crippen LogP contribution >= 0.6 is 0 Å². The Morgan fingerprint density at radius 1 is 1.14 bits per heavy atom. The molecule has 0 amide bonds. The number of hydrogen-bond acceptors (Lipinski definition) is 6. The molecule has 0 saturated carbocycles. The molecular weight excluding hydrogens is 352 g/mol. The van der Waals surface area contributed by atoms with Crippen LogP contribution in [-0.4, -0.2) is 60.0 Å². The first-order valence-electron chi connectivity index (χ1n) is 10.4. The van der Waals surface area contributed by atoms with Crippen LogP contribution < -0.4 is 9.64 Å². The first-order chi connectivity index (χ1) is 13.5. The Bertz CT molecular complexity index is 861. The van der Waals surface area contributed by atoms with Gasteiger partial charge in [0.25, 0.3) is 0 Å². The molecule has 0 bridgehead atoms. The molecule has 2 aliphatic heterocycles. The van der Waals surface area contributed by atoms with Crippen LogP contribution in [0.3, 0.4) is 0 Å². The predicted molar refractivity (Wildman–Crippen MR) is 111 cm³/mol. The smallest absolute Gasteiger partial charge is 0.226 e. The number of ether oxygens (including phenoxy) is 1. The SMILES string of the molecule is COc1ccc2c(C)nc(N3CCC(N4CCC[C@@H](C(C)=O)C4)CC3)nc2c1. The normalized spacial score (nSPS) is 21.8. The quantitative estimate of drug-likeness (QED) is 0.809. The highest BCUT2D eigenvalue weighted by Gasteiger charge is 2.31. The van der Waals surface area contributed by atoms with Gasteiger partial charge in [-0.3, -0.25) is 9.69 Å². The molecule has 2 saturated heterocycles. The number of aryl methyl sites for hydroxylation is 1. The molecule has 2 aromatic rings. The molecular formula is C22H30N4O2. The zero-order valence-electron chi connectivity index (χ0n) is 17.1. The number of methoxy groups -OCH3 is 1.